The number of nitrogens with one attached hydrogen (secondary N) is 2. The maximum absolute atomic E-state index is 12.7. The van der Waals surface area contributed by atoms with Crippen molar-refractivity contribution in [2.24, 2.45) is 0 Å². The molecule has 0 spiro atoms. The van der Waals surface area contributed by atoms with E-state index in [2.05, 4.69) is 20.2 Å². The van der Waals surface area contributed by atoms with Crippen molar-refractivity contribution in [2.75, 3.05) is 39.4 Å². The number of benzene rings is 1. The van der Waals surface area contributed by atoms with E-state index < -0.39 is 0 Å². The zero-order chi connectivity index (χ0) is 21.6. The van der Waals surface area contributed by atoms with E-state index in [1.807, 2.05) is 42.6 Å². The van der Waals surface area contributed by atoms with Gasteiger partial charge in [-0.3, -0.25) is 14.5 Å². The number of aromatic nitrogens is 2. The standard InChI is InChI=1S/C22H26N4O3S2/c1-15(20(27)23-7-8-26-9-11-29-12-10-26)30-14-18-24-21(28)19-17(13-31-22(19)25-18)16-5-3-2-4-6-16/h2-6,13,15H,7-12,14H2,1H3,(H,23,27)(H,24,25,28)/t15-/m0/s1. The zero-order valence-electron chi connectivity index (χ0n) is 17.4. The van der Waals surface area contributed by atoms with Crippen LogP contribution < -0.4 is 10.9 Å². The summed E-state index contributed by atoms with van der Waals surface area (Å²) in [6, 6.07) is 9.85. The number of rotatable bonds is 8. The van der Waals surface area contributed by atoms with Crippen LogP contribution in [-0.4, -0.2) is 65.4 Å². The number of thioether (sulfide) groups is 1. The Morgan fingerprint density at radius 3 is 2.87 bits per heavy atom. The molecule has 1 amide bonds. The van der Waals surface area contributed by atoms with Crippen molar-refractivity contribution in [3.63, 3.8) is 0 Å². The molecule has 1 aliphatic heterocycles. The van der Waals surface area contributed by atoms with Gasteiger partial charge in [0.1, 0.15) is 10.7 Å². The van der Waals surface area contributed by atoms with Crippen LogP contribution in [0.2, 0.25) is 0 Å². The summed E-state index contributed by atoms with van der Waals surface area (Å²) in [7, 11) is 0. The highest BCUT2D eigenvalue weighted by molar-refractivity contribution is 7.99. The van der Waals surface area contributed by atoms with E-state index in [0.717, 1.165) is 48.8 Å². The quantitative estimate of drug-likeness (QED) is 0.540. The van der Waals surface area contributed by atoms with E-state index in [-0.39, 0.29) is 16.7 Å². The Kier molecular flexibility index (Phi) is 7.39. The van der Waals surface area contributed by atoms with Gasteiger partial charge >= 0.3 is 0 Å². The van der Waals surface area contributed by atoms with Gasteiger partial charge in [-0.1, -0.05) is 30.3 Å². The summed E-state index contributed by atoms with van der Waals surface area (Å²) < 4.78 is 5.34. The Hall–Kier alpha value is -2.20. The molecule has 31 heavy (non-hydrogen) atoms. The molecule has 3 aromatic rings. The first-order valence-electron chi connectivity index (χ1n) is 10.4. The summed E-state index contributed by atoms with van der Waals surface area (Å²) >= 11 is 2.94. The number of hydrogen-bond acceptors (Lipinski definition) is 7. The van der Waals surface area contributed by atoms with Gasteiger partial charge in [-0.05, 0) is 12.5 Å². The van der Waals surface area contributed by atoms with Gasteiger partial charge in [0.05, 0.1) is 29.6 Å². The number of fused-ring (bicyclic) bond motifs is 1. The maximum atomic E-state index is 12.7. The molecule has 1 atom stereocenters. The lowest BCUT2D eigenvalue weighted by molar-refractivity contribution is -0.120. The Morgan fingerprint density at radius 2 is 2.10 bits per heavy atom. The van der Waals surface area contributed by atoms with Crippen LogP contribution in [0.4, 0.5) is 0 Å². The number of carbonyl (C=O) groups excluding carboxylic acids is 1. The van der Waals surface area contributed by atoms with Crippen molar-refractivity contribution < 1.29 is 9.53 Å². The third-order valence-electron chi connectivity index (χ3n) is 5.25. The molecule has 2 aromatic heterocycles. The summed E-state index contributed by atoms with van der Waals surface area (Å²) in [5, 5.41) is 5.37. The zero-order valence-corrected chi connectivity index (χ0v) is 19.1. The van der Waals surface area contributed by atoms with Gasteiger partial charge in [-0.25, -0.2) is 4.98 Å². The largest absolute Gasteiger partial charge is 0.379 e. The second kappa shape index (κ2) is 10.4. The molecule has 0 aliphatic carbocycles. The summed E-state index contributed by atoms with van der Waals surface area (Å²) in [5.74, 6) is 1.07. The van der Waals surface area contributed by atoms with Crippen LogP contribution in [0.25, 0.3) is 21.3 Å². The highest BCUT2D eigenvalue weighted by Gasteiger charge is 2.17. The smallest absolute Gasteiger partial charge is 0.260 e. The Balaban J connectivity index is 1.33. The molecule has 0 radical (unpaired) electrons. The fourth-order valence-electron chi connectivity index (χ4n) is 3.48. The van der Waals surface area contributed by atoms with Crippen molar-refractivity contribution in [2.45, 2.75) is 17.9 Å². The molecule has 164 valence electrons. The van der Waals surface area contributed by atoms with E-state index in [1.165, 1.54) is 23.1 Å². The predicted octanol–water partition coefficient (Wildman–Crippen LogP) is 2.72. The van der Waals surface area contributed by atoms with Crippen LogP contribution in [0.15, 0.2) is 40.5 Å². The van der Waals surface area contributed by atoms with Crippen LogP contribution in [0, 0.1) is 0 Å². The molecule has 2 N–H and O–H groups in total. The topological polar surface area (TPSA) is 87.3 Å². The molecular weight excluding hydrogens is 432 g/mol. The number of ether oxygens (including phenoxy) is 1. The van der Waals surface area contributed by atoms with E-state index in [9.17, 15) is 9.59 Å². The summed E-state index contributed by atoms with van der Waals surface area (Å²) in [4.78, 5) is 35.6. The van der Waals surface area contributed by atoms with E-state index in [0.29, 0.717) is 23.5 Å². The number of carbonyl (C=O) groups is 1. The molecule has 1 saturated heterocycles. The van der Waals surface area contributed by atoms with Crippen LogP contribution >= 0.6 is 23.1 Å². The summed E-state index contributed by atoms with van der Waals surface area (Å²) in [5.41, 5.74) is 1.77. The monoisotopic (exact) mass is 458 g/mol. The highest BCUT2D eigenvalue weighted by atomic mass is 32.2. The number of aromatic amines is 1. The van der Waals surface area contributed by atoms with Gasteiger partial charge in [-0.15, -0.1) is 23.1 Å². The van der Waals surface area contributed by atoms with Crippen LogP contribution in [0.5, 0.6) is 0 Å². The van der Waals surface area contributed by atoms with Crippen molar-refractivity contribution in [3.05, 3.63) is 51.9 Å². The Labute approximate surface area is 189 Å². The Morgan fingerprint density at radius 1 is 1.32 bits per heavy atom. The molecule has 1 aromatic carbocycles. The molecule has 0 unspecified atom stereocenters. The van der Waals surface area contributed by atoms with E-state index in [1.54, 1.807) is 0 Å². The molecule has 1 fully saturated rings. The fraction of sp³-hybridized carbons (Fsp3) is 0.409. The average molecular weight is 459 g/mol. The maximum Gasteiger partial charge on any atom is 0.260 e. The van der Waals surface area contributed by atoms with Crippen molar-refractivity contribution in [3.8, 4) is 11.1 Å². The molecule has 9 heteroatoms. The number of morpholine rings is 1. The van der Waals surface area contributed by atoms with Crippen LogP contribution in [0.3, 0.4) is 0 Å². The minimum atomic E-state index is -0.228. The molecule has 0 saturated carbocycles. The van der Waals surface area contributed by atoms with Crippen LogP contribution in [0.1, 0.15) is 12.7 Å². The van der Waals surface area contributed by atoms with Crippen molar-refractivity contribution in [1.29, 1.82) is 0 Å². The van der Waals surface area contributed by atoms with E-state index in [4.69, 9.17) is 4.74 Å². The average Bonchev–Trinajstić information content (AvgIpc) is 3.23. The fourth-order valence-corrected chi connectivity index (χ4v) is 5.22. The first-order chi connectivity index (χ1) is 15.1. The van der Waals surface area contributed by atoms with Crippen molar-refractivity contribution >= 4 is 39.2 Å². The molecule has 1 aliphatic rings. The van der Waals surface area contributed by atoms with E-state index >= 15 is 0 Å². The second-order valence-electron chi connectivity index (χ2n) is 7.41. The molecular formula is C22H26N4O3S2. The van der Waals surface area contributed by atoms with Crippen molar-refractivity contribution in [1.82, 2.24) is 20.2 Å². The number of thiophene rings is 1. The lowest BCUT2D eigenvalue weighted by Crippen LogP contribution is -2.42. The lowest BCUT2D eigenvalue weighted by atomic mass is 10.1. The van der Waals surface area contributed by atoms with Gasteiger partial charge in [0.15, 0.2) is 0 Å². The number of nitrogens with zero attached hydrogens (tertiary/aromatic N) is 2. The van der Waals surface area contributed by atoms with Gasteiger partial charge in [0, 0.05) is 37.1 Å². The molecule has 0 bridgehead atoms. The third kappa shape index (κ3) is 5.54. The summed E-state index contributed by atoms with van der Waals surface area (Å²) in [6.07, 6.45) is 0. The second-order valence-corrected chi connectivity index (χ2v) is 9.59. The minimum Gasteiger partial charge on any atom is -0.379 e. The lowest BCUT2D eigenvalue weighted by Gasteiger charge is -2.26. The first kappa shape index (κ1) is 22.0. The highest BCUT2D eigenvalue weighted by Crippen LogP contribution is 2.30. The first-order valence-corrected chi connectivity index (χ1v) is 12.3. The number of H-pyrrole nitrogens is 1. The molecule has 4 rings (SSSR count). The molecule has 3 heterocycles. The normalized spacial score (nSPS) is 15.8. The summed E-state index contributed by atoms with van der Waals surface area (Å²) in [6.45, 7) is 6.68. The van der Waals surface area contributed by atoms with Gasteiger partial charge < -0.3 is 15.0 Å². The third-order valence-corrected chi connectivity index (χ3v) is 7.27. The minimum absolute atomic E-state index is 0.00386. The van der Waals surface area contributed by atoms with Gasteiger partial charge in [0.25, 0.3) is 5.56 Å². The van der Waals surface area contributed by atoms with Crippen LogP contribution in [-0.2, 0) is 15.3 Å². The molecule has 7 nitrogen and oxygen atoms in total. The Bertz CT molecular complexity index is 1080. The van der Waals surface area contributed by atoms with Gasteiger partial charge in [0.2, 0.25) is 5.91 Å². The SMILES string of the molecule is C[C@H](SCc1nc2scc(-c3ccccc3)c2c(=O)[nH]1)C(=O)NCCN1CCOCC1. The number of amides is 1. The van der Waals surface area contributed by atoms with Gasteiger partial charge in [-0.2, -0.15) is 0 Å². The predicted molar refractivity (Wildman–Crippen MR) is 127 cm³/mol. The number of hydrogen-bond donors (Lipinski definition) is 2.